The lowest BCUT2D eigenvalue weighted by molar-refractivity contribution is -0.120. The Balaban J connectivity index is 3.20. The maximum Gasteiger partial charge on any atom is 0.220 e. The van der Waals surface area contributed by atoms with Crippen molar-refractivity contribution in [2.24, 2.45) is 0 Å². The molecule has 4 heteroatoms. The molecule has 0 aliphatic carbocycles. The van der Waals surface area contributed by atoms with Gasteiger partial charge in [0.05, 0.1) is 0 Å². The van der Waals surface area contributed by atoms with Crippen LogP contribution in [0.25, 0.3) is 0 Å². The van der Waals surface area contributed by atoms with E-state index in [-0.39, 0.29) is 5.91 Å². The van der Waals surface area contributed by atoms with Crippen molar-refractivity contribution in [3.05, 3.63) is 10.4 Å². The molecular formula is C6H10BrNOS. The Morgan fingerprint density at radius 3 is 2.80 bits per heavy atom. The van der Waals surface area contributed by atoms with Crippen LogP contribution in [0, 0.1) is 0 Å². The van der Waals surface area contributed by atoms with Gasteiger partial charge in [0.25, 0.3) is 0 Å². The topological polar surface area (TPSA) is 29.1 Å². The van der Waals surface area contributed by atoms with Crippen LogP contribution in [0.5, 0.6) is 0 Å². The molecule has 0 unspecified atom stereocenters. The average molecular weight is 224 g/mol. The first-order valence-corrected chi connectivity index (χ1v) is 4.62. The second kappa shape index (κ2) is 5.80. The van der Waals surface area contributed by atoms with Gasteiger partial charge in [-0.05, 0) is 15.9 Å². The van der Waals surface area contributed by atoms with Gasteiger partial charge in [0.1, 0.15) is 0 Å². The lowest BCUT2D eigenvalue weighted by Crippen LogP contribution is -2.17. The highest BCUT2D eigenvalue weighted by Gasteiger charge is 1.96. The van der Waals surface area contributed by atoms with Gasteiger partial charge in [-0.25, -0.2) is 0 Å². The number of thioether (sulfide) groups is 1. The van der Waals surface area contributed by atoms with Crippen molar-refractivity contribution in [2.45, 2.75) is 6.42 Å². The van der Waals surface area contributed by atoms with Crippen LogP contribution in [0.4, 0.5) is 0 Å². The van der Waals surface area contributed by atoms with E-state index in [9.17, 15) is 4.79 Å². The van der Waals surface area contributed by atoms with Gasteiger partial charge in [-0.1, -0.05) is 6.58 Å². The van der Waals surface area contributed by atoms with Gasteiger partial charge in [-0.15, -0.1) is 11.8 Å². The summed E-state index contributed by atoms with van der Waals surface area (Å²) in [6, 6.07) is 0. The summed E-state index contributed by atoms with van der Waals surface area (Å²) in [5.41, 5.74) is 0. The lowest BCUT2D eigenvalue weighted by Gasteiger charge is -1.97. The summed E-state index contributed by atoms with van der Waals surface area (Å²) < 4.78 is 0.872. The lowest BCUT2D eigenvalue weighted by atomic mass is 10.5. The minimum atomic E-state index is 0.0706. The summed E-state index contributed by atoms with van der Waals surface area (Å²) in [6.07, 6.45) is 0.547. The Bertz CT molecular complexity index is 138. The molecule has 1 amide bonds. The fourth-order valence-electron chi connectivity index (χ4n) is 0.379. The van der Waals surface area contributed by atoms with Crippen LogP contribution in [0.2, 0.25) is 0 Å². The SMILES string of the molecule is C=C(Br)SCCC(=O)NC. The van der Waals surface area contributed by atoms with Crippen LogP contribution in [-0.4, -0.2) is 18.7 Å². The summed E-state index contributed by atoms with van der Waals surface area (Å²) in [5, 5.41) is 2.54. The van der Waals surface area contributed by atoms with Crippen molar-refractivity contribution in [2.75, 3.05) is 12.8 Å². The number of hydrogen-bond acceptors (Lipinski definition) is 2. The molecule has 0 rings (SSSR count). The highest BCUT2D eigenvalue weighted by atomic mass is 79.9. The largest absolute Gasteiger partial charge is 0.359 e. The van der Waals surface area contributed by atoms with E-state index in [1.165, 1.54) is 11.8 Å². The Morgan fingerprint density at radius 1 is 1.80 bits per heavy atom. The van der Waals surface area contributed by atoms with Crippen LogP contribution in [0.3, 0.4) is 0 Å². The van der Waals surface area contributed by atoms with Crippen molar-refractivity contribution in [1.29, 1.82) is 0 Å². The summed E-state index contributed by atoms with van der Waals surface area (Å²) >= 11 is 4.72. The molecule has 0 saturated heterocycles. The maximum absolute atomic E-state index is 10.6. The zero-order valence-electron chi connectivity index (χ0n) is 5.82. The second-order valence-corrected chi connectivity index (χ2v) is 4.30. The molecule has 0 spiro atoms. The van der Waals surface area contributed by atoms with Crippen LogP contribution in [0.1, 0.15) is 6.42 Å². The number of carbonyl (C=O) groups excluding carboxylic acids is 1. The van der Waals surface area contributed by atoms with Gasteiger partial charge in [-0.3, -0.25) is 4.79 Å². The van der Waals surface area contributed by atoms with Gasteiger partial charge < -0.3 is 5.32 Å². The first-order chi connectivity index (χ1) is 4.66. The van der Waals surface area contributed by atoms with E-state index < -0.39 is 0 Å². The zero-order chi connectivity index (χ0) is 7.98. The van der Waals surface area contributed by atoms with E-state index in [4.69, 9.17) is 0 Å². The highest BCUT2D eigenvalue weighted by molar-refractivity contribution is 9.14. The monoisotopic (exact) mass is 223 g/mol. The molecule has 0 fully saturated rings. The number of halogens is 1. The second-order valence-electron chi connectivity index (χ2n) is 1.63. The number of amides is 1. The molecule has 0 aromatic rings. The van der Waals surface area contributed by atoms with Crippen LogP contribution >= 0.6 is 27.7 Å². The van der Waals surface area contributed by atoms with E-state index in [2.05, 4.69) is 27.8 Å². The third-order valence-corrected chi connectivity index (χ3v) is 2.27. The molecule has 0 heterocycles. The van der Waals surface area contributed by atoms with E-state index in [1.54, 1.807) is 7.05 Å². The fraction of sp³-hybridized carbons (Fsp3) is 0.500. The molecule has 1 N–H and O–H groups in total. The molecule has 10 heavy (non-hydrogen) atoms. The summed E-state index contributed by atoms with van der Waals surface area (Å²) in [6.45, 7) is 3.63. The predicted molar refractivity (Wildman–Crippen MR) is 49.2 cm³/mol. The molecule has 2 nitrogen and oxygen atoms in total. The predicted octanol–water partition coefficient (Wildman–Crippen LogP) is 1.72. The third-order valence-electron chi connectivity index (χ3n) is 0.867. The molecule has 58 valence electrons. The van der Waals surface area contributed by atoms with E-state index in [1.807, 2.05) is 0 Å². The molecule has 0 radical (unpaired) electrons. The van der Waals surface area contributed by atoms with E-state index in [0.29, 0.717) is 6.42 Å². The minimum absolute atomic E-state index is 0.0706. The van der Waals surface area contributed by atoms with Gasteiger partial charge in [0.2, 0.25) is 5.91 Å². The number of carbonyl (C=O) groups is 1. The van der Waals surface area contributed by atoms with Crippen molar-refractivity contribution < 1.29 is 4.79 Å². The quantitative estimate of drug-likeness (QED) is 0.787. The Morgan fingerprint density at radius 2 is 2.40 bits per heavy atom. The van der Waals surface area contributed by atoms with Gasteiger partial charge in [0.15, 0.2) is 0 Å². The Labute approximate surface area is 73.6 Å². The summed E-state index contributed by atoms with van der Waals surface area (Å²) in [7, 11) is 1.63. The molecule has 0 aliphatic rings. The third kappa shape index (κ3) is 6.16. The minimum Gasteiger partial charge on any atom is -0.359 e. The van der Waals surface area contributed by atoms with E-state index in [0.717, 1.165) is 9.57 Å². The number of nitrogens with one attached hydrogen (secondary N) is 1. The van der Waals surface area contributed by atoms with Crippen LogP contribution in [-0.2, 0) is 4.79 Å². The zero-order valence-corrected chi connectivity index (χ0v) is 8.22. The first kappa shape index (κ1) is 10.0. The molecular weight excluding hydrogens is 214 g/mol. The standard InChI is InChI=1S/C6H10BrNOS/c1-5(7)10-4-3-6(9)8-2/h1,3-4H2,2H3,(H,8,9). The van der Waals surface area contributed by atoms with Gasteiger partial charge >= 0.3 is 0 Å². The van der Waals surface area contributed by atoms with Crippen LogP contribution < -0.4 is 5.32 Å². The first-order valence-electron chi connectivity index (χ1n) is 2.84. The molecule has 0 aromatic heterocycles. The van der Waals surface area contributed by atoms with Gasteiger partial charge in [0, 0.05) is 23.0 Å². The van der Waals surface area contributed by atoms with Gasteiger partial charge in [-0.2, -0.15) is 0 Å². The summed E-state index contributed by atoms with van der Waals surface area (Å²) in [5.74, 6) is 0.852. The normalized spacial score (nSPS) is 9.00. The molecule has 0 aromatic carbocycles. The highest BCUT2D eigenvalue weighted by Crippen LogP contribution is 2.19. The van der Waals surface area contributed by atoms with Crippen molar-refractivity contribution >= 4 is 33.6 Å². The van der Waals surface area contributed by atoms with Crippen LogP contribution in [0.15, 0.2) is 10.4 Å². The fourth-order valence-corrected chi connectivity index (χ4v) is 1.37. The molecule has 0 atom stereocenters. The maximum atomic E-state index is 10.6. The van der Waals surface area contributed by atoms with Crippen molar-refractivity contribution in [3.8, 4) is 0 Å². The number of rotatable bonds is 4. The Hall–Kier alpha value is 0.0400. The molecule has 0 bridgehead atoms. The average Bonchev–Trinajstić information content (AvgIpc) is 1.87. The van der Waals surface area contributed by atoms with Crippen molar-refractivity contribution in [1.82, 2.24) is 5.32 Å². The van der Waals surface area contributed by atoms with Crippen molar-refractivity contribution in [3.63, 3.8) is 0 Å². The Kier molecular flexibility index (Phi) is 5.82. The smallest absolute Gasteiger partial charge is 0.220 e. The van der Waals surface area contributed by atoms with E-state index >= 15 is 0 Å². The molecule has 0 saturated carbocycles. The molecule has 0 aliphatic heterocycles. The number of hydrogen-bond donors (Lipinski definition) is 1. The summed E-state index contributed by atoms with van der Waals surface area (Å²) in [4.78, 5) is 10.6.